The molecule has 0 aliphatic carbocycles. The van der Waals surface area contributed by atoms with Gasteiger partial charge in [0, 0.05) is 6.07 Å². The van der Waals surface area contributed by atoms with Crippen LogP contribution in [0, 0.1) is 11.6 Å². The monoisotopic (exact) mass is 319 g/mol. The molecule has 23 heavy (non-hydrogen) atoms. The van der Waals surface area contributed by atoms with Gasteiger partial charge in [-0.3, -0.25) is 4.79 Å². The van der Waals surface area contributed by atoms with Crippen molar-refractivity contribution in [3.63, 3.8) is 0 Å². The lowest BCUT2D eigenvalue weighted by Crippen LogP contribution is -2.35. The predicted molar refractivity (Wildman–Crippen MR) is 85.6 cm³/mol. The number of rotatable bonds is 5. The number of carbonyl (C=O) groups excluding carboxylic acids is 1. The summed E-state index contributed by atoms with van der Waals surface area (Å²) in [7, 11) is 0. The lowest BCUT2D eigenvalue weighted by atomic mass is 9.83. The molecule has 0 bridgehead atoms. The van der Waals surface area contributed by atoms with E-state index in [0.717, 1.165) is 18.2 Å². The molecule has 0 saturated carbocycles. The van der Waals surface area contributed by atoms with Crippen LogP contribution in [-0.2, 0) is 10.2 Å². The van der Waals surface area contributed by atoms with Gasteiger partial charge in [0.1, 0.15) is 17.4 Å². The van der Waals surface area contributed by atoms with Gasteiger partial charge in [-0.1, -0.05) is 12.1 Å². The van der Waals surface area contributed by atoms with E-state index in [1.165, 1.54) is 0 Å². The number of carbonyl (C=O) groups is 1. The van der Waals surface area contributed by atoms with Crippen molar-refractivity contribution in [3.8, 4) is 5.75 Å². The van der Waals surface area contributed by atoms with Crippen molar-refractivity contribution in [3.05, 3.63) is 59.7 Å². The fourth-order valence-corrected chi connectivity index (χ4v) is 2.18. The molecule has 5 heteroatoms. The van der Waals surface area contributed by atoms with E-state index in [1.54, 1.807) is 38.1 Å². The maximum atomic E-state index is 13.4. The van der Waals surface area contributed by atoms with Crippen LogP contribution >= 0.6 is 0 Å². The first kappa shape index (κ1) is 16.9. The summed E-state index contributed by atoms with van der Waals surface area (Å²) >= 11 is 0. The molecular weight excluding hydrogens is 300 g/mol. The second-order valence-corrected chi connectivity index (χ2v) is 5.67. The van der Waals surface area contributed by atoms with Gasteiger partial charge in [0.15, 0.2) is 0 Å². The molecule has 0 atom stereocenters. The fraction of sp³-hybridized carbons (Fsp3) is 0.278. The van der Waals surface area contributed by atoms with Crippen LogP contribution in [0.5, 0.6) is 5.75 Å². The number of benzene rings is 2. The highest BCUT2D eigenvalue weighted by molar-refractivity contribution is 5.99. The van der Waals surface area contributed by atoms with Crippen molar-refractivity contribution in [1.29, 1.82) is 0 Å². The van der Waals surface area contributed by atoms with Crippen LogP contribution in [0.25, 0.3) is 0 Å². The fourth-order valence-electron chi connectivity index (χ4n) is 2.18. The van der Waals surface area contributed by atoms with Crippen LogP contribution in [0.3, 0.4) is 0 Å². The molecule has 2 rings (SSSR count). The summed E-state index contributed by atoms with van der Waals surface area (Å²) in [6, 6.07) is 10.1. The first-order valence-electron chi connectivity index (χ1n) is 7.34. The van der Waals surface area contributed by atoms with Crippen molar-refractivity contribution < 1.29 is 18.3 Å². The maximum Gasteiger partial charge on any atom is 0.234 e. The maximum absolute atomic E-state index is 13.4. The second-order valence-electron chi connectivity index (χ2n) is 5.67. The summed E-state index contributed by atoms with van der Waals surface area (Å²) in [5, 5.41) is 2.76. The van der Waals surface area contributed by atoms with Crippen LogP contribution in [-0.4, -0.2) is 12.5 Å². The van der Waals surface area contributed by atoms with Crippen molar-refractivity contribution in [2.24, 2.45) is 0 Å². The minimum atomic E-state index is -1.11. The zero-order valence-corrected chi connectivity index (χ0v) is 13.3. The third-order valence-corrected chi connectivity index (χ3v) is 3.59. The number of nitrogens with one attached hydrogen (secondary N) is 1. The number of hydrogen-bond acceptors (Lipinski definition) is 2. The number of para-hydroxylation sites is 2. The van der Waals surface area contributed by atoms with Gasteiger partial charge in [-0.2, -0.15) is 0 Å². The van der Waals surface area contributed by atoms with E-state index in [1.807, 2.05) is 6.92 Å². The highest BCUT2D eigenvalue weighted by Gasteiger charge is 2.31. The van der Waals surface area contributed by atoms with Crippen molar-refractivity contribution >= 4 is 11.6 Å². The minimum absolute atomic E-state index is 0.265. The largest absolute Gasteiger partial charge is 0.492 e. The zero-order valence-electron chi connectivity index (χ0n) is 13.3. The third kappa shape index (κ3) is 3.86. The number of amides is 1. The molecule has 0 aliphatic heterocycles. The Labute approximate surface area is 134 Å². The Balaban J connectivity index is 2.28. The molecule has 0 saturated heterocycles. The molecule has 0 spiro atoms. The van der Waals surface area contributed by atoms with E-state index in [9.17, 15) is 13.6 Å². The molecule has 1 amide bonds. The summed E-state index contributed by atoms with van der Waals surface area (Å²) < 4.78 is 32.3. The molecule has 0 aliphatic rings. The Hall–Kier alpha value is -2.43. The first-order valence-corrected chi connectivity index (χ1v) is 7.34. The third-order valence-electron chi connectivity index (χ3n) is 3.59. The summed E-state index contributed by atoms with van der Waals surface area (Å²) in [5.41, 5.74) is -0.326. The Morgan fingerprint density at radius 3 is 2.35 bits per heavy atom. The SMILES string of the molecule is CCOc1ccccc1NC(=O)C(C)(C)c1cc(F)cc(F)c1. The Bertz CT molecular complexity index is 694. The Morgan fingerprint density at radius 1 is 1.13 bits per heavy atom. The summed E-state index contributed by atoms with van der Waals surface area (Å²) in [6.07, 6.45) is 0. The summed E-state index contributed by atoms with van der Waals surface area (Å²) in [5.74, 6) is -1.26. The Morgan fingerprint density at radius 2 is 1.74 bits per heavy atom. The van der Waals surface area contributed by atoms with Crippen LogP contribution < -0.4 is 10.1 Å². The standard InChI is InChI=1S/C18H19F2NO2/c1-4-23-16-8-6-5-7-15(16)21-17(22)18(2,3)12-9-13(19)11-14(20)10-12/h5-11H,4H2,1-3H3,(H,21,22). The average Bonchev–Trinajstić information content (AvgIpc) is 2.48. The summed E-state index contributed by atoms with van der Waals surface area (Å²) in [4.78, 5) is 12.6. The molecule has 0 aromatic heterocycles. The van der Waals surface area contributed by atoms with Gasteiger partial charge >= 0.3 is 0 Å². The second kappa shape index (κ2) is 6.77. The number of hydrogen-bond donors (Lipinski definition) is 1. The molecule has 2 aromatic carbocycles. The molecule has 0 unspecified atom stereocenters. The van der Waals surface area contributed by atoms with E-state index in [0.29, 0.717) is 18.0 Å². The van der Waals surface area contributed by atoms with Gasteiger partial charge < -0.3 is 10.1 Å². The molecule has 0 radical (unpaired) electrons. The topological polar surface area (TPSA) is 38.3 Å². The minimum Gasteiger partial charge on any atom is -0.492 e. The van der Waals surface area contributed by atoms with Crippen LogP contribution in [0.2, 0.25) is 0 Å². The normalized spacial score (nSPS) is 11.2. The lowest BCUT2D eigenvalue weighted by Gasteiger charge is -2.25. The molecule has 3 nitrogen and oxygen atoms in total. The van der Waals surface area contributed by atoms with Gasteiger partial charge in [-0.25, -0.2) is 8.78 Å². The van der Waals surface area contributed by atoms with Gasteiger partial charge in [-0.05, 0) is 50.6 Å². The molecule has 0 fully saturated rings. The summed E-state index contributed by atoms with van der Waals surface area (Å²) in [6.45, 7) is 5.53. The quantitative estimate of drug-likeness (QED) is 0.893. The van der Waals surface area contributed by atoms with Gasteiger partial charge in [0.25, 0.3) is 0 Å². The average molecular weight is 319 g/mol. The molecular formula is C18H19F2NO2. The first-order chi connectivity index (χ1) is 10.8. The van der Waals surface area contributed by atoms with Crippen molar-refractivity contribution in [2.75, 3.05) is 11.9 Å². The van der Waals surface area contributed by atoms with Crippen LogP contribution in [0.4, 0.5) is 14.5 Å². The van der Waals surface area contributed by atoms with Crippen LogP contribution in [0.15, 0.2) is 42.5 Å². The van der Waals surface area contributed by atoms with E-state index in [2.05, 4.69) is 5.32 Å². The molecule has 1 N–H and O–H groups in total. The lowest BCUT2D eigenvalue weighted by molar-refractivity contribution is -0.120. The molecule has 2 aromatic rings. The zero-order chi connectivity index (χ0) is 17.0. The van der Waals surface area contributed by atoms with Crippen LogP contribution in [0.1, 0.15) is 26.3 Å². The molecule has 0 heterocycles. The van der Waals surface area contributed by atoms with E-state index in [4.69, 9.17) is 4.74 Å². The van der Waals surface area contributed by atoms with E-state index >= 15 is 0 Å². The molecule has 122 valence electrons. The number of anilines is 1. The number of ether oxygens (including phenoxy) is 1. The smallest absolute Gasteiger partial charge is 0.234 e. The van der Waals surface area contributed by atoms with Crippen molar-refractivity contribution in [1.82, 2.24) is 0 Å². The van der Waals surface area contributed by atoms with Gasteiger partial charge in [0.05, 0.1) is 17.7 Å². The van der Waals surface area contributed by atoms with Gasteiger partial charge in [0.2, 0.25) is 5.91 Å². The Kier molecular flexibility index (Phi) is 4.98. The predicted octanol–water partition coefficient (Wildman–Crippen LogP) is 4.28. The highest BCUT2D eigenvalue weighted by atomic mass is 19.1. The highest BCUT2D eigenvalue weighted by Crippen LogP contribution is 2.29. The van der Waals surface area contributed by atoms with Gasteiger partial charge in [-0.15, -0.1) is 0 Å². The number of halogens is 2. The van der Waals surface area contributed by atoms with E-state index < -0.39 is 17.0 Å². The van der Waals surface area contributed by atoms with E-state index in [-0.39, 0.29) is 11.5 Å². The van der Waals surface area contributed by atoms with Crippen molar-refractivity contribution in [2.45, 2.75) is 26.2 Å².